The molecule has 0 fully saturated rings. The van der Waals surface area contributed by atoms with Crippen molar-refractivity contribution < 1.29 is 33.7 Å². The van der Waals surface area contributed by atoms with E-state index < -0.39 is 23.7 Å². The SMILES string of the molecule is CC(=O)OOc1c(C(=O)C(=O)OC(C)=O)c(C)nn2c(Cc3ccccc3)c(C)c(N)c12. The Hall–Kier alpha value is -4.21. The van der Waals surface area contributed by atoms with Gasteiger partial charge in [-0.3, -0.25) is 19.4 Å². The Morgan fingerprint density at radius 3 is 2.28 bits per heavy atom. The van der Waals surface area contributed by atoms with Crippen molar-refractivity contribution >= 4 is 34.9 Å². The number of carbonyl (C=O) groups excluding carboxylic acids is 4. The fourth-order valence-corrected chi connectivity index (χ4v) is 3.28. The molecular formula is C22H21N3O7. The first kappa shape index (κ1) is 22.5. The van der Waals surface area contributed by atoms with Crippen LogP contribution in [-0.2, 0) is 30.4 Å². The number of carbonyl (C=O) groups is 4. The highest BCUT2D eigenvalue weighted by atomic mass is 17.2. The molecule has 10 heteroatoms. The number of Topliss-reactive ketones (excluding diaryl/α,β-unsaturated/α-hetero) is 1. The van der Waals surface area contributed by atoms with Crippen LogP contribution in [0.1, 0.15) is 46.7 Å². The molecule has 0 bridgehead atoms. The van der Waals surface area contributed by atoms with Crippen LogP contribution in [0.15, 0.2) is 30.3 Å². The summed E-state index contributed by atoms with van der Waals surface area (Å²) in [6.45, 7) is 5.33. The van der Waals surface area contributed by atoms with Crippen LogP contribution in [0.3, 0.4) is 0 Å². The lowest BCUT2D eigenvalue weighted by Gasteiger charge is -2.13. The van der Waals surface area contributed by atoms with Crippen molar-refractivity contribution in [3.8, 4) is 5.75 Å². The molecule has 2 N–H and O–H groups in total. The molecule has 3 aromatic rings. The Morgan fingerprint density at radius 2 is 1.69 bits per heavy atom. The molecule has 10 nitrogen and oxygen atoms in total. The van der Waals surface area contributed by atoms with Crippen molar-refractivity contribution in [2.75, 3.05) is 5.73 Å². The summed E-state index contributed by atoms with van der Waals surface area (Å²) >= 11 is 0. The van der Waals surface area contributed by atoms with E-state index in [1.54, 1.807) is 6.92 Å². The fourth-order valence-electron chi connectivity index (χ4n) is 3.28. The standard InChI is InChI=1S/C22H21N3O7/c1-11-16(10-15-8-6-5-7-9-15)25-19(18(11)23)21(32-31-14(4)27)17(12(2)24-25)20(28)22(29)30-13(3)26/h5-9H,10,23H2,1-4H3. The third kappa shape index (κ3) is 4.29. The third-order valence-corrected chi connectivity index (χ3v) is 4.72. The van der Waals surface area contributed by atoms with E-state index in [4.69, 9.17) is 10.6 Å². The number of aromatic nitrogens is 2. The largest absolute Gasteiger partial charge is 0.397 e. The lowest BCUT2D eigenvalue weighted by molar-refractivity contribution is -0.210. The van der Waals surface area contributed by atoms with Gasteiger partial charge in [0.25, 0.3) is 5.78 Å². The van der Waals surface area contributed by atoms with Gasteiger partial charge in [0.05, 0.1) is 17.1 Å². The van der Waals surface area contributed by atoms with Crippen molar-refractivity contribution in [2.24, 2.45) is 0 Å². The first-order valence-corrected chi connectivity index (χ1v) is 9.58. The number of nitrogens with two attached hydrogens (primary N) is 1. The zero-order valence-electron chi connectivity index (χ0n) is 17.9. The van der Waals surface area contributed by atoms with Gasteiger partial charge in [-0.2, -0.15) is 5.10 Å². The number of rotatable bonds is 6. The van der Waals surface area contributed by atoms with E-state index in [0.717, 1.165) is 19.4 Å². The Kier molecular flexibility index (Phi) is 6.24. The molecule has 0 radical (unpaired) electrons. The molecular weight excluding hydrogens is 418 g/mol. The van der Waals surface area contributed by atoms with Crippen molar-refractivity contribution in [3.05, 3.63) is 58.4 Å². The van der Waals surface area contributed by atoms with Crippen LogP contribution in [0.2, 0.25) is 0 Å². The van der Waals surface area contributed by atoms with E-state index in [9.17, 15) is 19.2 Å². The van der Waals surface area contributed by atoms with Gasteiger partial charge >= 0.3 is 17.9 Å². The zero-order valence-corrected chi connectivity index (χ0v) is 17.9. The van der Waals surface area contributed by atoms with E-state index in [2.05, 4.69) is 14.7 Å². The topological polar surface area (TPSA) is 139 Å². The lowest BCUT2D eigenvalue weighted by atomic mass is 10.1. The number of nitrogens with zero attached hydrogens (tertiary/aromatic N) is 2. The van der Waals surface area contributed by atoms with E-state index in [0.29, 0.717) is 17.7 Å². The zero-order chi connectivity index (χ0) is 23.6. The number of aryl methyl sites for hydroxylation is 1. The van der Waals surface area contributed by atoms with Gasteiger partial charge in [0.2, 0.25) is 5.75 Å². The number of hydrogen-bond donors (Lipinski definition) is 1. The predicted molar refractivity (Wildman–Crippen MR) is 112 cm³/mol. The summed E-state index contributed by atoms with van der Waals surface area (Å²) in [4.78, 5) is 57.2. The van der Waals surface area contributed by atoms with Crippen LogP contribution in [0.4, 0.5) is 5.69 Å². The Labute approximate surface area is 182 Å². The molecule has 0 aliphatic heterocycles. The highest BCUT2D eigenvalue weighted by Crippen LogP contribution is 2.37. The molecule has 0 aliphatic carbocycles. The van der Waals surface area contributed by atoms with Crippen LogP contribution < -0.4 is 10.6 Å². The molecule has 1 aromatic carbocycles. The smallest absolute Gasteiger partial charge is 0.387 e. The maximum atomic E-state index is 12.8. The quantitative estimate of drug-likeness (QED) is 0.153. The highest BCUT2D eigenvalue weighted by Gasteiger charge is 2.32. The second kappa shape index (κ2) is 8.88. The Balaban J connectivity index is 2.25. The summed E-state index contributed by atoms with van der Waals surface area (Å²) in [5.41, 5.74) is 8.79. The van der Waals surface area contributed by atoms with E-state index in [1.807, 2.05) is 30.3 Å². The third-order valence-electron chi connectivity index (χ3n) is 4.72. The van der Waals surface area contributed by atoms with Gasteiger partial charge in [0, 0.05) is 20.3 Å². The predicted octanol–water partition coefficient (Wildman–Crippen LogP) is 2.25. The van der Waals surface area contributed by atoms with Crippen LogP contribution >= 0.6 is 0 Å². The molecule has 32 heavy (non-hydrogen) atoms. The number of fused-ring (bicyclic) bond motifs is 1. The van der Waals surface area contributed by atoms with Crippen LogP contribution in [-0.4, -0.2) is 33.3 Å². The van der Waals surface area contributed by atoms with Gasteiger partial charge in [0.1, 0.15) is 11.1 Å². The van der Waals surface area contributed by atoms with Crippen LogP contribution in [0, 0.1) is 13.8 Å². The van der Waals surface area contributed by atoms with Crippen molar-refractivity contribution in [2.45, 2.75) is 34.1 Å². The number of esters is 2. The minimum Gasteiger partial charge on any atom is -0.397 e. The highest BCUT2D eigenvalue weighted by molar-refractivity contribution is 6.43. The maximum Gasteiger partial charge on any atom is 0.387 e. The number of ether oxygens (including phenoxy) is 1. The summed E-state index contributed by atoms with van der Waals surface area (Å²) in [6.07, 6.45) is 0.462. The van der Waals surface area contributed by atoms with Gasteiger partial charge in [-0.15, -0.1) is 0 Å². The second-order valence-electron chi connectivity index (χ2n) is 7.07. The summed E-state index contributed by atoms with van der Waals surface area (Å²) < 4.78 is 5.88. The maximum absolute atomic E-state index is 12.8. The summed E-state index contributed by atoms with van der Waals surface area (Å²) in [5, 5.41) is 4.43. The first-order valence-electron chi connectivity index (χ1n) is 9.58. The minimum absolute atomic E-state index is 0.0782. The molecule has 0 aliphatic rings. The monoisotopic (exact) mass is 439 g/mol. The van der Waals surface area contributed by atoms with Gasteiger partial charge in [-0.1, -0.05) is 30.3 Å². The molecule has 0 unspecified atom stereocenters. The molecule has 0 saturated heterocycles. The summed E-state index contributed by atoms with van der Waals surface area (Å²) in [7, 11) is 0. The van der Waals surface area contributed by atoms with Crippen LogP contribution in [0.25, 0.3) is 5.52 Å². The molecule has 0 spiro atoms. The average molecular weight is 439 g/mol. The molecule has 2 aromatic heterocycles. The molecule has 0 atom stereocenters. The van der Waals surface area contributed by atoms with Gasteiger partial charge < -0.3 is 10.5 Å². The van der Waals surface area contributed by atoms with Crippen molar-refractivity contribution in [1.29, 1.82) is 0 Å². The van der Waals surface area contributed by atoms with E-state index >= 15 is 0 Å². The van der Waals surface area contributed by atoms with Gasteiger partial charge in [0.15, 0.2) is 0 Å². The first-order chi connectivity index (χ1) is 15.1. The van der Waals surface area contributed by atoms with E-state index in [-0.39, 0.29) is 28.2 Å². The molecule has 3 rings (SSSR count). The second-order valence-corrected chi connectivity index (χ2v) is 7.07. The fraction of sp³-hybridized carbons (Fsp3) is 0.227. The van der Waals surface area contributed by atoms with E-state index in [1.165, 1.54) is 11.4 Å². The molecule has 0 saturated carbocycles. The number of hydrogen-bond acceptors (Lipinski definition) is 9. The van der Waals surface area contributed by atoms with Crippen molar-refractivity contribution in [1.82, 2.24) is 9.61 Å². The number of anilines is 1. The van der Waals surface area contributed by atoms with Crippen LogP contribution in [0.5, 0.6) is 5.75 Å². The lowest BCUT2D eigenvalue weighted by Crippen LogP contribution is -2.23. The Bertz CT molecular complexity index is 1250. The van der Waals surface area contributed by atoms with Gasteiger partial charge in [-0.05, 0) is 25.0 Å². The molecule has 2 heterocycles. The molecule has 166 valence electrons. The number of ketones is 1. The Morgan fingerprint density at radius 1 is 1.03 bits per heavy atom. The molecule has 0 amide bonds. The summed E-state index contributed by atoms with van der Waals surface area (Å²) in [6, 6.07) is 9.57. The number of benzene rings is 1. The average Bonchev–Trinajstić information content (AvgIpc) is 2.96. The van der Waals surface area contributed by atoms with Crippen molar-refractivity contribution in [3.63, 3.8) is 0 Å². The number of nitrogen functional groups attached to an aromatic ring is 1. The normalized spacial score (nSPS) is 10.6. The van der Waals surface area contributed by atoms with Gasteiger partial charge in [-0.25, -0.2) is 14.1 Å². The summed E-state index contributed by atoms with van der Waals surface area (Å²) in [5.74, 6) is -4.66. The minimum atomic E-state index is -1.43.